The molecular formula is C26H24N2O3S. The molecule has 4 aromatic rings. The van der Waals surface area contributed by atoms with Crippen LogP contribution >= 0.6 is 11.3 Å². The first-order valence-electron chi connectivity index (χ1n) is 10.3. The molecule has 0 spiro atoms. The summed E-state index contributed by atoms with van der Waals surface area (Å²) in [6.45, 7) is 0.0692. The topological polar surface area (TPSA) is 71.5 Å². The summed E-state index contributed by atoms with van der Waals surface area (Å²) in [7, 11) is 1.49. The minimum atomic E-state index is -0.954. The Morgan fingerprint density at radius 1 is 0.938 bits per heavy atom. The van der Waals surface area contributed by atoms with E-state index in [1.54, 1.807) is 5.38 Å². The van der Waals surface area contributed by atoms with Crippen molar-refractivity contribution < 1.29 is 14.6 Å². The molecular weight excluding hydrogens is 420 g/mol. The minimum absolute atomic E-state index is 0.0692. The molecule has 5 nitrogen and oxygen atoms in total. The number of carbonyl (C=O) groups is 1. The highest BCUT2D eigenvalue weighted by molar-refractivity contribution is 7.13. The molecule has 0 aliphatic rings. The van der Waals surface area contributed by atoms with Crippen molar-refractivity contribution in [3.63, 3.8) is 0 Å². The number of rotatable bonds is 9. The Bertz CT molecular complexity index is 1050. The summed E-state index contributed by atoms with van der Waals surface area (Å²) in [5, 5.41) is 15.7. The van der Waals surface area contributed by atoms with Gasteiger partial charge in [-0.2, -0.15) is 0 Å². The van der Waals surface area contributed by atoms with Crippen LogP contribution in [0.25, 0.3) is 0 Å². The van der Waals surface area contributed by atoms with Crippen LogP contribution in [0.15, 0.2) is 96.4 Å². The van der Waals surface area contributed by atoms with Crippen LogP contribution < -0.4 is 5.32 Å². The van der Waals surface area contributed by atoms with Gasteiger partial charge in [0.2, 0.25) is 0 Å². The van der Waals surface area contributed by atoms with Gasteiger partial charge in [0.15, 0.2) is 5.13 Å². The van der Waals surface area contributed by atoms with Gasteiger partial charge in [-0.15, -0.1) is 11.3 Å². The molecule has 0 radical (unpaired) electrons. The lowest BCUT2D eigenvalue weighted by Crippen LogP contribution is -2.38. The zero-order valence-electron chi connectivity index (χ0n) is 17.6. The summed E-state index contributed by atoms with van der Waals surface area (Å²) < 4.78 is 5.10. The second kappa shape index (κ2) is 9.77. The monoisotopic (exact) mass is 444 g/mol. The molecule has 0 amide bonds. The highest BCUT2D eigenvalue weighted by Gasteiger charge is 2.37. The first-order chi connectivity index (χ1) is 15.6. The molecule has 0 fully saturated rings. The predicted molar refractivity (Wildman–Crippen MR) is 127 cm³/mol. The molecule has 1 heterocycles. The normalized spacial score (nSPS) is 12.3. The fraction of sp³-hybridized carbons (Fsp3) is 0.154. The number of benzene rings is 3. The van der Waals surface area contributed by atoms with Crippen LogP contribution in [-0.2, 0) is 15.1 Å². The Hall–Kier alpha value is -3.48. The second-order valence-corrected chi connectivity index (χ2v) is 8.25. The van der Waals surface area contributed by atoms with E-state index in [9.17, 15) is 9.90 Å². The van der Waals surface area contributed by atoms with E-state index in [1.807, 2.05) is 54.6 Å². The van der Waals surface area contributed by atoms with E-state index >= 15 is 0 Å². The van der Waals surface area contributed by atoms with Gasteiger partial charge in [0.05, 0.1) is 12.3 Å². The van der Waals surface area contributed by atoms with Gasteiger partial charge in [0, 0.05) is 12.5 Å². The molecule has 2 N–H and O–H groups in total. The Morgan fingerprint density at radius 3 is 1.81 bits per heavy atom. The second-order valence-electron chi connectivity index (χ2n) is 7.40. The Kier molecular flexibility index (Phi) is 6.63. The van der Waals surface area contributed by atoms with E-state index in [0.29, 0.717) is 10.8 Å². The van der Waals surface area contributed by atoms with E-state index in [0.717, 1.165) is 16.7 Å². The van der Waals surface area contributed by atoms with Gasteiger partial charge in [-0.25, -0.2) is 4.98 Å². The van der Waals surface area contributed by atoms with E-state index in [-0.39, 0.29) is 6.61 Å². The van der Waals surface area contributed by atoms with Crippen molar-refractivity contribution in [2.75, 3.05) is 19.0 Å². The fourth-order valence-corrected chi connectivity index (χ4v) is 4.71. The van der Waals surface area contributed by atoms with Crippen LogP contribution in [0.2, 0.25) is 0 Å². The summed E-state index contributed by atoms with van der Waals surface area (Å²) in [6.07, 6.45) is 0. The Morgan fingerprint density at radius 2 is 1.41 bits per heavy atom. The number of aromatic nitrogens is 1. The highest BCUT2D eigenvalue weighted by atomic mass is 32.1. The predicted octanol–water partition coefficient (Wildman–Crippen LogP) is 5.36. The molecule has 0 bridgehead atoms. The van der Waals surface area contributed by atoms with Crippen LogP contribution in [-0.4, -0.2) is 29.8 Å². The van der Waals surface area contributed by atoms with Gasteiger partial charge in [-0.1, -0.05) is 91.0 Å². The summed E-state index contributed by atoms with van der Waals surface area (Å²) in [6, 6.07) is 30.6. The maximum absolute atomic E-state index is 11.7. The molecule has 0 aliphatic carbocycles. The molecule has 6 heteroatoms. The lowest BCUT2D eigenvalue weighted by Gasteiger charge is -2.36. The molecule has 1 unspecified atom stereocenters. The van der Waals surface area contributed by atoms with Crippen molar-refractivity contribution in [3.05, 3.63) is 119 Å². The minimum Gasteiger partial charge on any atom is -0.481 e. The number of methoxy groups -OCH3 is 1. The Balaban J connectivity index is 1.87. The third kappa shape index (κ3) is 4.28. The molecule has 162 valence electrons. The lowest BCUT2D eigenvalue weighted by molar-refractivity contribution is -0.140. The number of carboxylic acid groups (broad SMARTS) is 1. The summed E-state index contributed by atoms with van der Waals surface area (Å²) in [5.74, 6) is -1.77. The van der Waals surface area contributed by atoms with Gasteiger partial charge in [-0.3, -0.25) is 4.79 Å². The van der Waals surface area contributed by atoms with Crippen molar-refractivity contribution in [3.8, 4) is 0 Å². The smallest absolute Gasteiger partial charge is 0.315 e. The largest absolute Gasteiger partial charge is 0.481 e. The van der Waals surface area contributed by atoms with Crippen molar-refractivity contribution in [1.29, 1.82) is 0 Å². The standard InChI is InChI=1S/C26H24N2O3S/c1-31-17-22(24(29)30)23-18-32-25(27-23)28-26(19-11-5-2-6-12-19,20-13-7-3-8-14-20)21-15-9-4-10-16-21/h2-16,18,22H,17H2,1H3,(H,27,28)(H,29,30). The average molecular weight is 445 g/mol. The summed E-state index contributed by atoms with van der Waals surface area (Å²) in [4.78, 5) is 16.4. The molecule has 1 aromatic heterocycles. The molecule has 3 aromatic carbocycles. The van der Waals surface area contributed by atoms with Crippen LogP contribution in [0.3, 0.4) is 0 Å². The van der Waals surface area contributed by atoms with E-state index in [1.165, 1.54) is 18.4 Å². The quantitative estimate of drug-likeness (QED) is 0.340. The zero-order valence-corrected chi connectivity index (χ0v) is 18.5. The third-order valence-electron chi connectivity index (χ3n) is 5.43. The maximum atomic E-state index is 11.7. The van der Waals surface area contributed by atoms with Gasteiger partial charge >= 0.3 is 5.97 Å². The van der Waals surface area contributed by atoms with Gasteiger partial charge in [0.1, 0.15) is 11.5 Å². The molecule has 32 heavy (non-hydrogen) atoms. The van der Waals surface area contributed by atoms with Gasteiger partial charge in [-0.05, 0) is 16.7 Å². The molecule has 4 rings (SSSR count). The van der Waals surface area contributed by atoms with Gasteiger partial charge in [0.25, 0.3) is 0 Å². The van der Waals surface area contributed by atoms with Crippen molar-refractivity contribution >= 4 is 22.4 Å². The van der Waals surface area contributed by atoms with E-state index in [2.05, 4.69) is 46.7 Å². The molecule has 0 saturated carbocycles. The average Bonchev–Trinajstić information content (AvgIpc) is 3.30. The fourth-order valence-electron chi connectivity index (χ4n) is 3.89. The SMILES string of the molecule is COCC(C(=O)O)c1csc(NC(c2ccccc2)(c2ccccc2)c2ccccc2)n1. The first-order valence-corrected chi connectivity index (χ1v) is 11.1. The number of nitrogens with one attached hydrogen (secondary N) is 1. The maximum Gasteiger partial charge on any atom is 0.315 e. The number of hydrogen-bond donors (Lipinski definition) is 2. The zero-order chi connectivity index (χ0) is 22.4. The molecule has 0 saturated heterocycles. The van der Waals surface area contributed by atoms with Gasteiger partial charge < -0.3 is 15.2 Å². The number of ether oxygens (including phenoxy) is 1. The number of anilines is 1. The van der Waals surface area contributed by atoms with Crippen molar-refractivity contribution in [2.45, 2.75) is 11.5 Å². The van der Waals surface area contributed by atoms with E-state index in [4.69, 9.17) is 4.74 Å². The van der Waals surface area contributed by atoms with Crippen LogP contribution in [0.1, 0.15) is 28.3 Å². The lowest BCUT2D eigenvalue weighted by atomic mass is 9.77. The molecule has 1 atom stereocenters. The first kappa shape index (κ1) is 21.7. The number of carboxylic acids is 1. The highest BCUT2D eigenvalue weighted by Crippen LogP contribution is 2.40. The third-order valence-corrected chi connectivity index (χ3v) is 6.20. The molecule has 0 aliphatic heterocycles. The van der Waals surface area contributed by atoms with Crippen LogP contribution in [0.4, 0.5) is 5.13 Å². The van der Waals surface area contributed by atoms with E-state index < -0.39 is 17.4 Å². The number of aliphatic carboxylic acids is 1. The number of nitrogens with zero attached hydrogens (tertiary/aromatic N) is 1. The van der Waals surface area contributed by atoms with Crippen molar-refractivity contribution in [2.24, 2.45) is 0 Å². The Labute approximate surface area is 191 Å². The van der Waals surface area contributed by atoms with Crippen molar-refractivity contribution in [1.82, 2.24) is 4.98 Å². The van der Waals surface area contributed by atoms with Crippen LogP contribution in [0, 0.1) is 0 Å². The summed E-state index contributed by atoms with van der Waals surface area (Å²) in [5.41, 5.74) is 2.94. The van der Waals surface area contributed by atoms with Crippen LogP contribution in [0.5, 0.6) is 0 Å². The number of thiazole rings is 1. The number of hydrogen-bond acceptors (Lipinski definition) is 5. The summed E-state index contributed by atoms with van der Waals surface area (Å²) >= 11 is 1.39.